The summed E-state index contributed by atoms with van der Waals surface area (Å²) in [5.74, 6) is -0.843. The minimum Gasteiger partial charge on any atom is -0.352 e. The number of nitrogens with one attached hydrogen (secondary N) is 1. The first kappa shape index (κ1) is 31.5. The van der Waals surface area contributed by atoms with E-state index in [-0.39, 0.29) is 23.4 Å². The predicted octanol–water partition coefficient (Wildman–Crippen LogP) is 6.22. The maximum absolute atomic E-state index is 14.1. The third-order valence-electron chi connectivity index (χ3n) is 6.66. The SMILES string of the molecule is CC[C@H](C)NC(=O)[C@H](CC)N(Cc1ccccc1Cl)C(=O)CN(c1cccc(C)c1)S(=O)(=O)c1ccc(Cl)cc1. The minimum atomic E-state index is -4.17. The monoisotopic (exact) mass is 603 g/mol. The van der Waals surface area contributed by atoms with Gasteiger partial charge in [-0.05, 0) is 80.3 Å². The van der Waals surface area contributed by atoms with Crippen molar-refractivity contribution in [3.05, 3.63) is 94.0 Å². The Morgan fingerprint density at radius 2 is 1.60 bits per heavy atom. The fraction of sp³-hybridized carbons (Fsp3) is 0.333. The molecule has 1 N–H and O–H groups in total. The molecule has 40 heavy (non-hydrogen) atoms. The van der Waals surface area contributed by atoms with Crippen LogP contribution in [0.2, 0.25) is 10.0 Å². The van der Waals surface area contributed by atoms with Crippen LogP contribution in [-0.4, -0.2) is 43.8 Å². The van der Waals surface area contributed by atoms with Gasteiger partial charge in [0.1, 0.15) is 12.6 Å². The molecule has 0 aliphatic heterocycles. The summed E-state index contributed by atoms with van der Waals surface area (Å²) in [7, 11) is -4.17. The molecule has 0 saturated carbocycles. The van der Waals surface area contributed by atoms with Gasteiger partial charge in [0.2, 0.25) is 11.8 Å². The summed E-state index contributed by atoms with van der Waals surface area (Å²) in [5.41, 5.74) is 1.81. The summed E-state index contributed by atoms with van der Waals surface area (Å²) in [6.45, 7) is 7.02. The van der Waals surface area contributed by atoms with Gasteiger partial charge in [0, 0.05) is 22.6 Å². The number of nitrogens with zero attached hydrogens (tertiary/aromatic N) is 2. The van der Waals surface area contributed by atoms with E-state index in [0.717, 1.165) is 16.3 Å². The first-order chi connectivity index (χ1) is 19.0. The Labute approximate surface area is 247 Å². The number of hydrogen-bond acceptors (Lipinski definition) is 4. The van der Waals surface area contributed by atoms with Crippen molar-refractivity contribution in [3.63, 3.8) is 0 Å². The molecule has 7 nitrogen and oxygen atoms in total. The molecule has 2 amide bonds. The van der Waals surface area contributed by atoms with Crippen molar-refractivity contribution in [1.29, 1.82) is 0 Å². The van der Waals surface area contributed by atoms with Crippen LogP contribution in [0.5, 0.6) is 0 Å². The Morgan fingerprint density at radius 1 is 0.925 bits per heavy atom. The Balaban J connectivity index is 2.07. The van der Waals surface area contributed by atoms with Gasteiger partial charge in [-0.3, -0.25) is 13.9 Å². The van der Waals surface area contributed by atoms with E-state index in [1.165, 1.54) is 29.2 Å². The number of benzene rings is 3. The number of carbonyl (C=O) groups is 2. The topological polar surface area (TPSA) is 86.8 Å². The van der Waals surface area contributed by atoms with Gasteiger partial charge in [0.25, 0.3) is 10.0 Å². The van der Waals surface area contributed by atoms with Gasteiger partial charge in [-0.2, -0.15) is 0 Å². The number of anilines is 1. The van der Waals surface area contributed by atoms with Crippen molar-refractivity contribution < 1.29 is 18.0 Å². The predicted molar refractivity (Wildman–Crippen MR) is 161 cm³/mol. The number of amides is 2. The van der Waals surface area contributed by atoms with Crippen LogP contribution in [-0.2, 0) is 26.2 Å². The van der Waals surface area contributed by atoms with Crippen molar-refractivity contribution in [2.24, 2.45) is 0 Å². The van der Waals surface area contributed by atoms with E-state index in [4.69, 9.17) is 23.2 Å². The fourth-order valence-electron chi connectivity index (χ4n) is 4.22. The third kappa shape index (κ3) is 7.77. The number of halogens is 2. The number of carbonyl (C=O) groups excluding carboxylic acids is 2. The van der Waals surface area contributed by atoms with Crippen molar-refractivity contribution in [1.82, 2.24) is 10.2 Å². The average Bonchev–Trinajstić information content (AvgIpc) is 2.92. The van der Waals surface area contributed by atoms with Crippen LogP contribution < -0.4 is 9.62 Å². The maximum atomic E-state index is 14.1. The molecule has 3 rings (SSSR count). The lowest BCUT2D eigenvalue weighted by Gasteiger charge is -2.34. The van der Waals surface area contributed by atoms with Crippen molar-refractivity contribution in [2.45, 2.75) is 64.1 Å². The normalized spacial score (nSPS) is 12.8. The van der Waals surface area contributed by atoms with Crippen molar-refractivity contribution in [2.75, 3.05) is 10.8 Å². The molecule has 10 heteroatoms. The van der Waals surface area contributed by atoms with Crippen LogP contribution in [0.15, 0.2) is 77.7 Å². The molecule has 0 heterocycles. The summed E-state index contributed by atoms with van der Waals surface area (Å²) < 4.78 is 28.9. The smallest absolute Gasteiger partial charge is 0.264 e. The summed E-state index contributed by atoms with van der Waals surface area (Å²) in [6, 6.07) is 18.8. The number of hydrogen-bond donors (Lipinski definition) is 1. The van der Waals surface area contributed by atoms with Crippen LogP contribution >= 0.6 is 23.2 Å². The zero-order valence-electron chi connectivity index (χ0n) is 23.1. The number of rotatable bonds is 12. The highest BCUT2D eigenvalue weighted by atomic mass is 35.5. The highest BCUT2D eigenvalue weighted by Crippen LogP contribution is 2.27. The Bertz CT molecular complexity index is 1430. The third-order valence-corrected chi connectivity index (χ3v) is 9.06. The Morgan fingerprint density at radius 3 is 2.20 bits per heavy atom. The lowest BCUT2D eigenvalue weighted by Crippen LogP contribution is -2.53. The number of aryl methyl sites for hydroxylation is 1. The van der Waals surface area contributed by atoms with E-state index in [0.29, 0.717) is 27.7 Å². The Hall–Kier alpha value is -3.07. The van der Waals surface area contributed by atoms with Gasteiger partial charge in [0.05, 0.1) is 10.6 Å². The van der Waals surface area contributed by atoms with Crippen LogP contribution in [0.1, 0.15) is 44.7 Å². The van der Waals surface area contributed by atoms with Gasteiger partial charge >= 0.3 is 0 Å². The average molecular weight is 605 g/mol. The van der Waals surface area contributed by atoms with Crippen molar-refractivity contribution in [3.8, 4) is 0 Å². The van der Waals surface area contributed by atoms with Crippen LogP contribution in [0.4, 0.5) is 5.69 Å². The summed E-state index contributed by atoms with van der Waals surface area (Å²) in [5, 5.41) is 3.80. The van der Waals surface area contributed by atoms with Crippen molar-refractivity contribution >= 4 is 50.7 Å². The van der Waals surface area contributed by atoms with E-state index in [9.17, 15) is 18.0 Å². The van der Waals surface area contributed by atoms with E-state index in [1.54, 1.807) is 42.5 Å². The molecule has 0 aromatic heterocycles. The van der Waals surface area contributed by atoms with Crippen LogP contribution in [0.3, 0.4) is 0 Å². The van der Waals surface area contributed by atoms with Gasteiger partial charge < -0.3 is 10.2 Å². The number of sulfonamides is 1. The second kappa shape index (κ2) is 14.0. The van der Waals surface area contributed by atoms with Crippen LogP contribution in [0.25, 0.3) is 0 Å². The molecule has 0 unspecified atom stereocenters. The molecular formula is C30H35Cl2N3O4S. The van der Waals surface area contributed by atoms with Gasteiger partial charge in [-0.15, -0.1) is 0 Å². The second-order valence-corrected chi connectivity index (χ2v) is 12.4. The standard InChI is InChI=1S/C30H35Cl2N3O4S/c1-5-22(4)33-30(37)28(6-2)34(19-23-11-7-8-13-27(23)32)29(36)20-35(25-12-9-10-21(3)18-25)40(38,39)26-16-14-24(31)15-17-26/h7-18,22,28H,5-6,19-20H2,1-4H3,(H,33,37)/t22-,28-/m0/s1. The quantitative estimate of drug-likeness (QED) is 0.266. The maximum Gasteiger partial charge on any atom is 0.264 e. The van der Waals surface area contributed by atoms with Gasteiger partial charge in [-0.1, -0.05) is 67.4 Å². The zero-order chi connectivity index (χ0) is 29.4. The van der Waals surface area contributed by atoms with E-state index < -0.39 is 28.5 Å². The molecule has 0 aliphatic carbocycles. The second-order valence-electron chi connectivity index (χ2n) is 9.66. The highest BCUT2D eigenvalue weighted by Gasteiger charge is 2.34. The van der Waals surface area contributed by atoms with Gasteiger partial charge in [0.15, 0.2) is 0 Å². The zero-order valence-corrected chi connectivity index (χ0v) is 25.4. The first-order valence-electron chi connectivity index (χ1n) is 13.2. The van der Waals surface area contributed by atoms with E-state index in [2.05, 4.69) is 5.32 Å². The van der Waals surface area contributed by atoms with E-state index in [1.807, 2.05) is 33.8 Å². The lowest BCUT2D eigenvalue weighted by atomic mass is 10.1. The molecule has 214 valence electrons. The molecule has 0 aliphatic rings. The van der Waals surface area contributed by atoms with E-state index >= 15 is 0 Å². The molecular weight excluding hydrogens is 569 g/mol. The molecule has 2 atom stereocenters. The molecule has 0 radical (unpaired) electrons. The van der Waals surface area contributed by atoms with Crippen LogP contribution in [0, 0.1) is 6.92 Å². The largest absolute Gasteiger partial charge is 0.352 e. The molecule has 0 bridgehead atoms. The summed E-state index contributed by atoms with van der Waals surface area (Å²) in [6.07, 6.45) is 1.05. The highest BCUT2D eigenvalue weighted by molar-refractivity contribution is 7.92. The fourth-order valence-corrected chi connectivity index (χ4v) is 5.94. The summed E-state index contributed by atoms with van der Waals surface area (Å²) in [4.78, 5) is 28.8. The molecule has 3 aromatic carbocycles. The van der Waals surface area contributed by atoms with Gasteiger partial charge in [-0.25, -0.2) is 8.42 Å². The minimum absolute atomic E-state index is 0.00887. The summed E-state index contributed by atoms with van der Waals surface area (Å²) >= 11 is 12.4. The molecule has 3 aromatic rings. The molecule has 0 saturated heterocycles. The molecule has 0 fully saturated rings. The molecule has 0 spiro atoms. The lowest BCUT2D eigenvalue weighted by molar-refractivity contribution is -0.140. The Kier molecular flexibility index (Phi) is 11.0. The first-order valence-corrected chi connectivity index (χ1v) is 15.4.